The lowest BCUT2D eigenvalue weighted by Crippen LogP contribution is -2.20. The normalized spacial score (nSPS) is 21.6. The lowest BCUT2D eigenvalue weighted by Gasteiger charge is -2.12. The number of hydrogen-bond donors (Lipinski definition) is 2. The second kappa shape index (κ2) is 4.55. The van der Waals surface area contributed by atoms with Gasteiger partial charge < -0.3 is 10.2 Å². The minimum atomic E-state index is -4.17. The standard InChI is InChI=1S/C16H15NO5S/c1-9-4-2-3-5-12(9)23(20,21)22-17-15(18)13-10-6-7-11(8-10)14(13)16(17)19/h2-7,10-11,18-19H,8H2,1H3. The van der Waals surface area contributed by atoms with Crippen LogP contribution >= 0.6 is 0 Å². The van der Waals surface area contributed by atoms with Crippen LogP contribution in [-0.2, 0) is 10.1 Å². The molecule has 23 heavy (non-hydrogen) atoms. The van der Waals surface area contributed by atoms with Gasteiger partial charge in [-0.1, -0.05) is 35.1 Å². The maximum atomic E-state index is 12.5. The summed E-state index contributed by atoms with van der Waals surface area (Å²) >= 11 is 0. The molecule has 0 radical (unpaired) electrons. The van der Waals surface area contributed by atoms with Gasteiger partial charge in [-0.25, -0.2) is 0 Å². The summed E-state index contributed by atoms with van der Waals surface area (Å²) in [6.45, 7) is 1.65. The van der Waals surface area contributed by atoms with Crippen LogP contribution in [0.4, 0.5) is 0 Å². The van der Waals surface area contributed by atoms with Crippen LogP contribution in [0.25, 0.3) is 0 Å². The van der Waals surface area contributed by atoms with Gasteiger partial charge in [0, 0.05) is 23.0 Å². The molecule has 4 rings (SSSR count). The van der Waals surface area contributed by atoms with Crippen LogP contribution in [0.15, 0.2) is 41.3 Å². The Morgan fingerprint density at radius 1 is 1.09 bits per heavy atom. The molecule has 6 nitrogen and oxygen atoms in total. The van der Waals surface area contributed by atoms with Gasteiger partial charge in [0.25, 0.3) is 0 Å². The Labute approximate surface area is 133 Å². The third-order valence-electron chi connectivity index (χ3n) is 4.52. The highest BCUT2D eigenvalue weighted by atomic mass is 32.2. The molecule has 0 spiro atoms. The zero-order valence-electron chi connectivity index (χ0n) is 12.3. The number of fused-ring (bicyclic) bond motifs is 5. The van der Waals surface area contributed by atoms with Gasteiger partial charge in [0.2, 0.25) is 11.8 Å². The van der Waals surface area contributed by atoms with Crippen molar-refractivity contribution in [1.29, 1.82) is 0 Å². The first-order chi connectivity index (χ1) is 10.9. The minimum absolute atomic E-state index is 0.00578. The van der Waals surface area contributed by atoms with Gasteiger partial charge >= 0.3 is 10.1 Å². The van der Waals surface area contributed by atoms with E-state index in [9.17, 15) is 18.6 Å². The van der Waals surface area contributed by atoms with Crippen LogP contribution in [0.5, 0.6) is 11.8 Å². The quantitative estimate of drug-likeness (QED) is 0.840. The monoisotopic (exact) mass is 333 g/mol. The van der Waals surface area contributed by atoms with Gasteiger partial charge in [-0.15, -0.1) is 0 Å². The molecule has 120 valence electrons. The summed E-state index contributed by atoms with van der Waals surface area (Å²) in [5, 5.41) is 20.6. The van der Waals surface area contributed by atoms with Crippen molar-refractivity contribution in [3.05, 3.63) is 53.1 Å². The number of allylic oxidation sites excluding steroid dienone is 2. The van der Waals surface area contributed by atoms with E-state index < -0.39 is 10.1 Å². The Kier molecular flexibility index (Phi) is 2.81. The van der Waals surface area contributed by atoms with Crippen LogP contribution in [0.1, 0.15) is 34.9 Å². The summed E-state index contributed by atoms with van der Waals surface area (Å²) < 4.78 is 30.5. The second-order valence-corrected chi connectivity index (χ2v) is 7.39. The van der Waals surface area contributed by atoms with Crippen LogP contribution in [0, 0.1) is 6.92 Å². The first kappa shape index (κ1) is 14.2. The van der Waals surface area contributed by atoms with E-state index in [1.54, 1.807) is 25.1 Å². The van der Waals surface area contributed by atoms with E-state index in [4.69, 9.17) is 4.28 Å². The molecule has 0 saturated heterocycles. The highest BCUT2D eigenvalue weighted by molar-refractivity contribution is 7.87. The highest BCUT2D eigenvalue weighted by Crippen LogP contribution is 2.56. The van der Waals surface area contributed by atoms with Gasteiger partial charge in [0.1, 0.15) is 4.90 Å². The Balaban J connectivity index is 1.78. The van der Waals surface area contributed by atoms with E-state index in [-0.39, 0.29) is 28.5 Å². The summed E-state index contributed by atoms with van der Waals surface area (Å²) in [5.74, 6) is -0.725. The van der Waals surface area contributed by atoms with E-state index in [1.165, 1.54) is 6.07 Å². The second-order valence-electron chi connectivity index (χ2n) is 5.90. The van der Waals surface area contributed by atoms with E-state index in [2.05, 4.69) is 0 Å². The van der Waals surface area contributed by atoms with Crippen molar-refractivity contribution in [2.24, 2.45) is 0 Å². The number of aryl methyl sites for hydroxylation is 1. The third kappa shape index (κ3) is 1.89. The van der Waals surface area contributed by atoms with Crippen LogP contribution in [0.2, 0.25) is 0 Å². The van der Waals surface area contributed by atoms with Crippen molar-refractivity contribution in [3.8, 4) is 11.8 Å². The van der Waals surface area contributed by atoms with Gasteiger partial charge in [-0.2, -0.15) is 8.42 Å². The molecule has 1 aromatic carbocycles. The fourth-order valence-electron chi connectivity index (χ4n) is 3.46. The molecule has 1 heterocycles. The number of aromatic nitrogens is 1. The molecule has 0 amide bonds. The average molecular weight is 333 g/mol. The van der Waals surface area contributed by atoms with Gasteiger partial charge in [0.15, 0.2) is 0 Å². The number of rotatable bonds is 3. The minimum Gasteiger partial charge on any atom is -0.492 e. The Bertz CT molecular complexity index is 906. The molecule has 2 bridgehead atoms. The van der Waals surface area contributed by atoms with Crippen molar-refractivity contribution in [3.63, 3.8) is 0 Å². The lowest BCUT2D eigenvalue weighted by atomic mass is 10.0. The zero-order chi connectivity index (χ0) is 16.4. The number of nitrogens with zero attached hydrogens (tertiary/aromatic N) is 1. The molecule has 2 N–H and O–H groups in total. The predicted molar refractivity (Wildman–Crippen MR) is 81.9 cm³/mol. The van der Waals surface area contributed by atoms with Crippen molar-refractivity contribution < 1.29 is 22.9 Å². The topological polar surface area (TPSA) is 88.8 Å². The molecular formula is C16H15NO5S. The SMILES string of the molecule is Cc1ccccc1S(=O)(=O)On1c(O)c2c(c1O)C1C=CC2C1. The fourth-order valence-corrected chi connectivity index (χ4v) is 4.59. The largest absolute Gasteiger partial charge is 0.492 e. The van der Waals surface area contributed by atoms with Gasteiger partial charge in [0.05, 0.1) is 0 Å². The van der Waals surface area contributed by atoms with E-state index in [0.29, 0.717) is 21.4 Å². The summed E-state index contributed by atoms with van der Waals surface area (Å²) in [5.41, 5.74) is 1.62. The van der Waals surface area contributed by atoms with Crippen LogP contribution in [0.3, 0.4) is 0 Å². The molecule has 7 heteroatoms. The average Bonchev–Trinajstić information content (AvgIpc) is 3.17. The smallest absolute Gasteiger partial charge is 0.357 e. The summed E-state index contributed by atoms with van der Waals surface area (Å²) in [7, 11) is -4.17. The molecule has 0 fully saturated rings. The molecule has 1 aromatic heterocycles. The van der Waals surface area contributed by atoms with E-state index in [0.717, 1.165) is 6.42 Å². The molecule has 2 unspecified atom stereocenters. The molecule has 0 saturated carbocycles. The Hall–Kier alpha value is -2.41. The summed E-state index contributed by atoms with van der Waals surface area (Å²) in [6.07, 6.45) is 4.69. The molecule has 2 aromatic rings. The van der Waals surface area contributed by atoms with E-state index >= 15 is 0 Å². The molecule has 2 aliphatic rings. The number of aromatic hydroxyl groups is 2. The van der Waals surface area contributed by atoms with Crippen LogP contribution < -0.4 is 4.28 Å². The van der Waals surface area contributed by atoms with Crippen molar-refractivity contribution in [1.82, 2.24) is 4.73 Å². The Morgan fingerprint density at radius 3 is 2.22 bits per heavy atom. The molecular weight excluding hydrogens is 318 g/mol. The van der Waals surface area contributed by atoms with Gasteiger partial charge in [-0.3, -0.25) is 4.28 Å². The van der Waals surface area contributed by atoms with Crippen molar-refractivity contribution in [2.75, 3.05) is 0 Å². The molecule has 2 atom stereocenters. The first-order valence-corrected chi connectivity index (χ1v) is 8.66. The van der Waals surface area contributed by atoms with Gasteiger partial charge in [-0.05, 0) is 25.0 Å². The highest BCUT2D eigenvalue weighted by Gasteiger charge is 2.42. The molecule has 0 aliphatic heterocycles. The first-order valence-electron chi connectivity index (χ1n) is 7.25. The van der Waals surface area contributed by atoms with Crippen molar-refractivity contribution in [2.45, 2.75) is 30.1 Å². The zero-order valence-corrected chi connectivity index (χ0v) is 13.1. The predicted octanol–water partition coefficient (Wildman–Crippen LogP) is 2.17. The van der Waals surface area contributed by atoms with Crippen molar-refractivity contribution >= 4 is 10.1 Å². The summed E-state index contributed by atoms with van der Waals surface area (Å²) in [4.78, 5) is -0.00578. The Morgan fingerprint density at radius 2 is 1.65 bits per heavy atom. The lowest BCUT2D eigenvalue weighted by molar-refractivity contribution is 0.200. The fraction of sp³-hybridized carbons (Fsp3) is 0.250. The maximum Gasteiger partial charge on any atom is 0.357 e. The molecule has 2 aliphatic carbocycles. The maximum absolute atomic E-state index is 12.5. The number of benzene rings is 1. The summed E-state index contributed by atoms with van der Waals surface area (Å²) in [6, 6.07) is 6.37. The van der Waals surface area contributed by atoms with E-state index in [1.807, 2.05) is 12.2 Å². The number of hydrogen-bond acceptors (Lipinski definition) is 5. The third-order valence-corrected chi connectivity index (χ3v) is 5.86. The van der Waals surface area contributed by atoms with Crippen LogP contribution in [-0.4, -0.2) is 23.4 Å².